The first-order chi connectivity index (χ1) is 12.8. The highest BCUT2D eigenvalue weighted by Gasteiger charge is 2.61. The topological polar surface area (TPSA) is 78.9 Å². The Morgan fingerprint density at radius 2 is 1.81 bits per heavy atom. The molecule has 1 unspecified atom stereocenters. The van der Waals surface area contributed by atoms with Crippen LogP contribution in [0.1, 0.15) is 46.5 Å². The lowest BCUT2D eigenvalue weighted by Crippen LogP contribution is -2.47. The van der Waals surface area contributed by atoms with Gasteiger partial charge in [0.25, 0.3) is 0 Å². The monoisotopic (exact) mass is 378 g/mol. The summed E-state index contributed by atoms with van der Waals surface area (Å²) in [6.45, 7) is 5.60. The molecule has 2 aliphatic carbocycles. The van der Waals surface area contributed by atoms with E-state index in [0.29, 0.717) is 6.42 Å². The molecule has 0 aliphatic heterocycles. The molecule has 0 aromatic rings. The van der Waals surface area contributed by atoms with Gasteiger partial charge in [0.1, 0.15) is 6.10 Å². The van der Waals surface area contributed by atoms with Crippen molar-refractivity contribution in [3.63, 3.8) is 0 Å². The molecule has 0 saturated heterocycles. The van der Waals surface area contributed by atoms with E-state index in [9.17, 15) is 14.4 Å². The van der Waals surface area contributed by atoms with Gasteiger partial charge >= 0.3 is 17.9 Å². The molecule has 6 nitrogen and oxygen atoms in total. The van der Waals surface area contributed by atoms with Crippen LogP contribution < -0.4 is 0 Å². The Morgan fingerprint density at radius 3 is 2.33 bits per heavy atom. The average molecular weight is 378 g/mol. The van der Waals surface area contributed by atoms with Gasteiger partial charge in [0, 0.05) is 18.8 Å². The molecule has 4 atom stereocenters. The summed E-state index contributed by atoms with van der Waals surface area (Å²) in [7, 11) is 2.55. The summed E-state index contributed by atoms with van der Waals surface area (Å²) in [5.74, 6) is -1.90. The van der Waals surface area contributed by atoms with Gasteiger partial charge < -0.3 is 14.2 Å². The zero-order valence-corrected chi connectivity index (χ0v) is 16.8. The van der Waals surface area contributed by atoms with E-state index in [0.717, 1.165) is 24.8 Å². The summed E-state index contributed by atoms with van der Waals surface area (Å²) >= 11 is 0. The number of hydrogen-bond acceptors (Lipinski definition) is 6. The molecule has 0 N–H and O–H groups in total. The van der Waals surface area contributed by atoms with Gasteiger partial charge in [-0.2, -0.15) is 0 Å². The maximum absolute atomic E-state index is 12.8. The molecule has 0 aromatic heterocycles. The van der Waals surface area contributed by atoms with Crippen molar-refractivity contribution in [1.82, 2.24) is 0 Å². The lowest BCUT2D eigenvalue weighted by atomic mass is 9.68. The molecule has 6 heteroatoms. The van der Waals surface area contributed by atoms with Crippen LogP contribution in [0.4, 0.5) is 0 Å². The highest BCUT2D eigenvalue weighted by Crippen LogP contribution is 2.54. The number of hydrogen-bond donors (Lipinski definition) is 0. The Bertz CT molecular complexity index is 631. The molecule has 0 fully saturated rings. The molecule has 0 aromatic carbocycles. The second-order valence-electron chi connectivity index (χ2n) is 7.44. The largest absolute Gasteiger partial charge is 0.468 e. The van der Waals surface area contributed by atoms with Crippen molar-refractivity contribution in [1.29, 1.82) is 0 Å². The van der Waals surface area contributed by atoms with Gasteiger partial charge in [0.2, 0.25) is 0 Å². The van der Waals surface area contributed by atoms with Crippen molar-refractivity contribution in [2.24, 2.45) is 23.2 Å². The minimum Gasteiger partial charge on any atom is -0.468 e. The maximum Gasteiger partial charge on any atom is 0.327 e. The molecule has 0 saturated carbocycles. The van der Waals surface area contributed by atoms with Crippen molar-refractivity contribution in [3.8, 4) is 0 Å². The number of carbonyl (C=O) groups is 3. The molecule has 2 rings (SSSR count). The number of carbonyl (C=O) groups excluding carboxylic acids is 3. The first-order valence-electron chi connectivity index (χ1n) is 9.56. The molecule has 0 heterocycles. The predicted octanol–water partition coefficient (Wildman–Crippen LogP) is 3.21. The van der Waals surface area contributed by atoms with Crippen LogP contribution in [0.2, 0.25) is 0 Å². The number of esters is 3. The number of rotatable bonds is 7. The fourth-order valence-electron chi connectivity index (χ4n) is 4.42. The van der Waals surface area contributed by atoms with E-state index in [4.69, 9.17) is 14.2 Å². The first kappa shape index (κ1) is 21.2. The molecule has 0 radical (unpaired) electrons. The summed E-state index contributed by atoms with van der Waals surface area (Å²) in [5, 5.41) is 0. The maximum atomic E-state index is 12.8. The summed E-state index contributed by atoms with van der Waals surface area (Å²) in [6, 6.07) is 0. The lowest BCUT2D eigenvalue weighted by molar-refractivity contribution is -0.170. The van der Waals surface area contributed by atoms with Crippen LogP contribution >= 0.6 is 0 Å². The Hall–Kier alpha value is -2.11. The minimum atomic E-state index is -1.51. The van der Waals surface area contributed by atoms with E-state index in [2.05, 4.69) is 13.8 Å². The van der Waals surface area contributed by atoms with Gasteiger partial charge in [-0.05, 0) is 24.8 Å². The van der Waals surface area contributed by atoms with Crippen LogP contribution in [-0.2, 0) is 28.6 Å². The average Bonchev–Trinajstić information content (AvgIpc) is 3.00. The molecular weight excluding hydrogens is 348 g/mol. The summed E-state index contributed by atoms with van der Waals surface area (Å²) < 4.78 is 15.4. The zero-order valence-electron chi connectivity index (χ0n) is 16.8. The van der Waals surface area contributed by atoms with Crippen LogP contribution in [0, 0.1) is 23.2 Å². The Kier molecular flexibility index (Phi) is 6.84. The van der Waals surface area contributed by atoms with Crippen molar-refractivity contribution >= 4 is 17.9 Å². The number of methoxy groups -OCH3 is 2. The summed E-state index contributed by atoms with van der Waals surface area (Å²) in [5.41, 5.74) is -0.450. The predicted molar refractivity (Wildman–Crippen MR) is 99.5 cm³/mol. The number of ether oxygens (including phenoxy) is 3. The third-order valence-electron chi connectivity index (χ3n) is 5.74. The van der Waals surface area contributed by atoms with Crippen molar-refractivity contribution < 1.29 is 28.6 Å². The van der Waals surface area contributed by atoms with E-state index in [1.165, 1.54) is 21.1 Å². The molecule has 0 spiro atoms. The van der Waals surface area contributed by atoms with E-state index in [1.54, 1.807) is 6.08 Å². The van der Waals surface area contributed by atoms with Crippen LogP contribution in [0.5, 0.6) is 0 Å². The van der Waals surface area contributed by atoms with Crippen molar-refractivity contribution in [2.75, 3.05) is 14.2 Å². The number of fused-ring (bicyclic) bond motifs is 1. The summed E-state index contributed by atoms with van der Waals surface area (Å²) in [6.07, 6.45) is 8.60. The van der Waals surface area contributed by atoms with Crippen molar-refractivity contribution in [3.05, 3.63) is 23.8 Å². The molecular formula is C21H30O6. The molecule has 0 bridgehead atoms. The Balaban J connectivity index is 2.50. The Labute approximate surface area is 160 Å². The third kappa shape index (κ3) is 3.94. The normalized spacial score (nSPS) is 26.6. The quantitative estimate of drug-likeness (QED) is 0.293. The van der Waals surface area contributed by atoms with E-state index >= 15 is 0 Å². The zero-order chi connectivity index (χ0) is 20.2. The van der Waals surface area contributed by atoms with Crippen LogP contribution in [0.15, 0.2) is 23.8 Å². The van der Waals surface area contributed by atoms with Crippen LogP contribution in [-0.4, -0.2) is 38.2 Å². The summed E-state index contributed by atoms with van der Waals surface area (Å²) in [4.78, 5) is 37.0. The molecule has 2 aliphatic rings. The van der Waals surface area contributed by atoms with Gasteiger partial charge in [-0.15, -0.1) is 0 Å². The SMILES string of the molecule is CCCCC(C)C1=CC(C(=O)OC)(C(=O)OC)[C@@H]2C[C@@H](OC(C)=O)C=C[C@H]12. The highest BCUT2D eigenvalue weighted by atomic mass is 16.5. The van der Waals surface area contributed by atoms with E-state index in [-0.39, 0.29) is 11.8 Å². The standard InChI is InChI=1S/C21H30O6/c1-6-7-8-13(2)17-12-21(19(23)25-4,20(24)26-5)18-11-15(27-14(3)22)9-10-16(17)18/h9-10,12-13,15-16,18H,6-8,11H2,1-5H3/t13?,15-,16+,18+/m0/s1. The fraction of sp³-hybridized carbons (Fsp3) is 0.667. The van der Waals surface area contributed by atoms with Gasteiger partial charge in [-0.25, -0.2) is 0 Å². The first-order valence-corrected chi connectivity index (χ1v) is 9.56. The second-order valence-corrected chi connectivity index (χ2v) is 7.44. The molecule has 150 valence electrons. The second kappa shape index (κ2) is 8.72. The smallest absolute Gasteiger partial charge is 0.327 e. The fourth-order valence-corrected chi connectivity index (χ4v) is 4.42. The molecule has 27 heavy (non-hydrogen) atoms. The lowest BCUT2D eigenvalue weighted by Gasteiger charge is -2.36. The van der Waals surface area contributed by atoms with Gasteiger partial charge in [0.15, 0.2) is 5.41 Å². The van der Waals surface area contributed by atoms with Gasteiger partial charge in [-0.3, -0.25) is 14.4 Å². The number of unbranched alkanes of at least 4 members (excludes halogenated alkanes) is 1. The number of allylic oxidation sites excluding steroid dienone is 2. The Morgan fingerprint density at radius 1 is 1.19 bits per heavy atom. The van der Waals surface area contributed by atoms with Crippen molar-refractivity contribution in [2.45, 2.75) is 52.6 Å². The van der Waals surface area contributed by atoms with E-state index < -0.39 is 35.3 Å². The van der Waals surface area contributed by atoms with Gasteiger partial charge in [-0.1, -0.05) is 44.4 Å². The van der Waals surface area contributed by atoms with Crippen LogP contribution in [0.3, 0.4) is 0 Å². The van der Waals surface area contributed by atoms with Gasteiger partial charge in [0.05, 0.1) is 14.2 Å². The van der Waals surface area contributed by atoms with Crippen LogP contribution in [0.25, 0.3) is 0 Å². The highest BCUT2D eigenvalue weighted by molar-refractivity contribution is 6.03. The molecule has 0 amide bonds. The minimum absolute atomic E-state index is 0.0816. The van der Waals surface area contributed by atoms with E-state index in [1.807, 2.05) is 12.2 Å². The third-order valence-corrected chi connectivity index (χ3v) is 5.74.